The normalized spacial score (nSPS) is 11.5. The Bertz CT molecular complexity index is 480. The summed E-state index contributed by atoms with van der Waals surface area (Å²) >= 11 is 0. The SMILES string of the molecule is Cn1ncc2cccc([B-](F)(F)F)c21.[K+]. The fourth-order valence-electron chi connectivity index (χ4n) is 1.53. The molecule has 0 saturated heterocycles. The Morgan fingerprint density at radius 2 is 1.93 bits per heavy atom. The van der Waals surface area contributed by atoms with Crippen LogP contribution in [0.25, 0.3) is 10.9 Å². The summed E-state index contributed by atoms with van der Waals surface area (Å²) in [5.41, 5.74) is -0.428. The van der Waals surface area contributed by atoms with Gasteiger partial charge in [0.1, 0.15) is 0 Å². The van der Waals surface area contributed by atoms with Crippen molar-refractivity contribution >= 4 is 23.3 Å². The molecule has 1 aromatic carbocycles. The topological polar surface area (TPSA) is 17.8 Å². The molecule has 0 aliphatic heterocycles. The molecule has 1 heterocycles. The van der Waals surface area contributed by atoms with Crippen LogP contribution in [0.4, 0.5) is 12.9 Å². The maximum Gasteiger partial charge on any atom is 1.00 e. The summed E-state index contributed by atoms with van der Waals surface area (Å²) in [6.07, 6.45) is 1.43. The van der Waals surface area contributed by atoms with E-state index in [0.717, 1.165) is 6.07 Å². The Labute approximate surface area is 127 Å². The van der Waals surface area contributed by atoms with Gasteiger partial charge in [-0.05, 0) is 0 Å². The van der Waals surface area contributed by atoms with Gasteiger partial charge in [0.25, 0.3) is 0 Å². The molecule has 1 aromatic heterocycles. The van der Waals surface area contributed by atoms with E-state index in [4.69, 9.17) is 0 Å². The molecule has 2 aromatic rings. The predicted octanol–water partition coefficient (Wildman–Crippen LogP) is -1.37. The van der Waals surface area contributed by atoms with Crippen molar-refractivity contribution in [1.29, 1.82) is 0 Å². The molecule has 0 aliphatic rings. The zero-order chi connectivity index (χ0) is 10.3. The molecule has 15 heavy (non-hydrogen) atoms. The average Bonchev–Trinajstić information content (AvgIpc) is 2.46. The fourth-order valence-corrected chi connectivity index (χ4v) is 1.53. The standard InChI is InChI=1S/C8H7BF3N2.K/c1-14-8-6(5-13-14)3-2-4-7(8)9(10,11)12;/h2-5H,1H3;/q-1;+1. The van der Waals surface area contributed by atoms with Crippen LogP contribution >= 0.6 is 0 Å². The van der Waals surface area contributed by atoms with E-state index in [1.165, 1.54) is 24.0 Å². The zero-order valence-electron chi connectivity index (χ0n) is 8.42. The van der Waals surface area contributed by atoms with Crippen LogP contribution in [0.1, 0.15) is 0 Å². The summed E-state index contributed by atoms with van der Waals surface area (Å²) in [5, 5.41) is 4.31. The van der Waals surface area contributed by atoms with Gasteiger partial charge >= 0.3 is 58.4 Å². The van der Waals surface area contributed by atoms with Crippen molar-refractivity contribution in [2.24, 2.45) is 7.05 Å². The summed E-state index contributed by atoms with van der Waals surface area (Å²) in [7, 11) is 1.51. The molecule has 2 nitrogen and oxygen atoms in total. The van der Waals surface area contributed by atoms with E-state index < -0.39 is 12.4 Å². The Morgan fingerprint density at radius 3 is 2.53 bits per heavy atom. The van der Waals surface area contributed by atoms with Crippen LogP contribution in [0.2, 0.25) is 0 Å². The Hall–Kier alpha value is 0.181. The minimum atomic E-state index is -4.97. The summed E-state index contributed by atoms with van der Waals surface area (Å²) in [4.78, 5) is 0. The van der Waals surface area contributed by atoms with Crippen LogP contribution in [0.5, 0.6) is 0 Å². The number of aryl methyl sites for hydroxylation is 1. The Balaban J connectivity index is 0.00000112. The number of aromatic nitrogens is 2. The molecule has 0 amide bonds. The molecule has 0 radical (unpaired) electrons. The molecule has 0 fully saturated rings. The van der Waals surface area contributed by atoms with E-state index in [2.05, 4.69) is 5.10 Å². The molecular formula is C8H7BF3KN2. The first-order chi connectivity index (χ1) is 6.50. The average molecular weight is 238 g/mol. The van der Waals surface area contributed by atoms with Gasteiger partial charge in [-0.15, -0.1) is 0 Å². The molecule has 0 unspecified atom stereocenters. The first kappa shape index (κ1) is 13.2. The summed E-state index contributed by atoms with van der Waals surface area (Å²) in [6, 6.07) is 4.10. The summed E-state index contributed by atoms with van der Waals surface area (Å²) in [6.45, 7) is -4.97. The van der Waals surface area contributed by atoms with Gasteiger partial charge in [0.05, 0.1) is 6.20 Å². The minimum Gasteiger partial charge on any atom is -0.445 e. The maximum absolute atomic E-state index is 12.6. The molecule has 0 bridgehead atoms. The van der Waals surface area contributed by atoms with Crippen LogP contribution in [0, 0.1) is 0 Å². The number of nitrogens with zero attached hydrogens (tertiary/aromatic N) is 2. The number of hydrogen-bond donors (Lipinski definition) is 0. The fraction of sp³-hybridized carbons (Fsp3) is 0.125. The summed E-state index contributed by atoms with van der Waals surface area (Å²) < 4.78 is 39.0. The van der Waals surface area contributed by atoms with Crippen molar-refractivity contribution in [2.75, 3.05) is 0 Å². The number of para-hydroxylation sites is 1. The predicted molar refractivity (Wildman–Crippen MR) is 49.4 cm³/mol. The van der Waals surface area contributed by atoms with E-state index in [1.807, 2.05) is 0 Å². The van der Waals surface area contributed by atoms with Crippen molar-refractivity contribution < 1.29 is 64.3 Å². The van der Waals surface area contributed by atoms with E-state index in [-0.39, 0.29) is 56.9 Å². The minimum absolute atomic E-state index is 0. The van der Waals surface area contributed by atoms with Gasteiger partial charge < -0.3 is 12.9 Å². The van der Waals surface area contributed by atoms with Crippen LogP contribution in [-0.4, -0.2) is 16.8 Å². The van der Waals surface area contributed by atoms with Crippen LogP contribution in [0.3, 0.4) is 0 Å². The molecule has 7 heteroatoms. The third-order valence-corrected chi connectivity index (χ3v) is 2.14. The number of rotatable bonds is 1. The first-order valence-corrected chi connectivity index (χ1v) is 4.11. The van der Waals surface area contributed by atoms with Crippen molar-refractivity contribution in [3.8, 4) is 0 Å². The smallest absolute Gasteiger partial charge is 0.445 e. The molecule has 2 rings (SSSR count). The van der Waals surface area contributed by atoms with Gasteiger partial charge in [-0.2, -0.15) is 5.10 Å². The van der Waals surface area contributed by atoms with E-state index in [1.54, 1.807) is 6.07 Å². The summed E-state index contributed by atoms with van der Waals surface area (Å²) in [5.74, 6) is 0. The second-order valence-electron chi connectivity index (χ2n) is 3.13. The van der Waals surface area contributed by atoms with Gasteiger partial charge in [0.2, 0.25) is 0 Å². The number of fused-ring (bicyclic) bond motifs is 1. The van der Waals surface area contributed by atoms with Crippen molar-refractivity contribution in [1.82, 2.24) is 9.78 Å². The molecule has 0 spiro atoms. The molecule has 0 aliphatic carbocycles. The Kier molecular flexibility index (Phi) is 4.05. The molecule has 0 atom stereocenters. The molecule has 0 saturated carbocycles. The van der Waals surface area contributed by atoms with Crippen LogP contribution < -0.4 is 56.8 Å². The molecule has 0 N–H and O–H groups in total. The van der Waals surface area contributed by atoms with Crippen molar-refractivity contribution in [3.63, 3.8) is 0 Å². The van der Waals surface area contributed by atoms with Gasteiger partial charge in [0.15, 0.2) is 0 Å². The molecular weight excluding hydrogens is 231 g/mol. The van der Waals surface area contributed by atoms with Crippen molar-refractivity contribution in [3.05, 3.63) is 24.4 Å². The van der Waals surface area contributed by atoms with E-state index >= 15 is 0 Å². The number of hydrogen-bond acceptors (Lipinski definition) is 1. The number of halogens is 3. The largest absolute Gasteiger partial charge is 1.00 e. The second-order valence-corrected chi connectivity index (χ2v) is 3.13. The zero-order valence-corrected chi connectivity index (χ0v) is 11.5. The van der Waals surface area contributed by atoms with Crippen LogP contribution in [0.15, 0.2) is 24.4 Å². The second kappa shape index (κ2) is 4.59. The first-order valence-electron chi connectivity index (χ1n) is 4.11. The van der Waals surface area contributed by atoms with Crippen molar-refractivity contribution in [2.45, 2.75) is 0 Å². The maximum atomic E-state index is 12.6. The monoisotopic (exact) mass is 238 g/mol. The Morgan fingerprint density at radius 1 is 1.27 bits per heavy atom. The van der Waals surface area contributed by atoms with Gasteiger partial charge in [0, 0.05) is 18.0 Å². The van der Waals surface area contributed by atoms with E-state index in [0.29, 0.717) is 5.39 Å². The van der Waals surface area contributed by atoms with Gasteiger partial charge in [-0.3, -0.25) is 4.68 Å². The van der Waals surface area contributed by atoms with Gasteiger partial charge in [-0.25, -0.2) is 0 Å². The van der Waals surface area contributed by atoms with Gasteiger partial charge in [-0.1, -0.05) is 23.7 Å². The molecule has 74 valence electrons. The third kappa shape index (κ3) is 2.47. The number of benzene rings is 1. The van der Waals surface area contributed by atoms with Crippen LogP contribution in [-0.2, 0) is 7.05 Å². The third-order valence-electron chi connectivity index (χ3n) is 2.14. The van der Waals surface area contributed by atoms with E-state index in [9.17, 15) is 12.9 Å². The quantitative estimate of drug-likeness (QED) is 0.560.